The molecule has 0 unspecified atom stereocenters. The normalized spacial score (nSPS) is 12.8. The summed E-state index contributed by atoms with van der Waals surface area (Å²) in [5.74, 6) is -0.287. The molecule has 0 aromatic heterocycles. The van der Waals surface area contributed by atoms with Gasteiger partial charge in [-0.05, 0) is 26.7 Å². The summed E-state index contributed by atoms with van der Waals surface area (Å²) in [4.78, 5) is 10.9. The Morgan fingerprint density at radius 2 is 1.87 bits per heavy atom. The van der Waals surface area contributed by atoms with Crippen molar-refractivity contribution in [3.05, 3.63) is 23.3 Å². The Morgan fingerprint density at radius 1 is 1.20 bits per heavy atom. The number of carbonyl (C=O) groups excluding carboxylic acids is 1. The molecule has 0 rings (SSSR count). The summed E-state index contributed by atoms with van der Waals surface area (Å²) in [5.41, 5.74) is 2.24. The molecule has 0 atom stereocenters. The topological polar surface area (TPSA) is 35.5 Å². The highest BCUT2D eigenvalue weighted by molar-refractivity contribution is 5.82. The number of esters is 1. The molecule has 0 aromatic carbocycles. The average molecular weight is 212 g/mol. The first kappa shape index (κ1) is 13.9. The van der Waals surface area contributed by atoms with Gasteiger partial charge >= 0.3 is 5.97 Å². The van der Waals surface area contributed by atoms with Crippen molar-refractivity contribution in [3.63, 3.8) is 0 Å². The molecular weight excluding hydrogens is 192 g/mol. The summed E-state index contributed by atoms with van der Waals surface area (Å²) >= 11 is 0. The third kappa shape index (κ3) is 7.94. The molecular formula is C12H20O3. The number of carbonyl (C=O) groups is 1. The largest absolute Gasteiger partial charge is 0.466 e. The van der Waals surface area contributed by atoms with E-state index in [-0.39, 0.29) is 5.97 Å². The SMILES string of the molecule is COC/C(C)=C/CC/C(C)=C\C(=O)OC. The number of ether oxygens (including phenoxy) is 2. The van der Waals surface area contributed by atoms with Crippen molar-refractivity contribution in [2.45, 2.75) is 26.7 Å². The first-order chi connectivity index (χ1) is 7.10. The minimum absolute atomic E-state index is 0.287. The highest BCUT2D eigenvalue weighted by Crippen LogP contribution is 2.07. The van der Waals surface area contributed by atoms with Crippen LogP contribution in [0.5, 0.6) is 0 Å². The van der Waals surface area contributed by atoms with Crippen molar-refractivity contribution < 1.29 is 14.3 Å². The van der Waals surface area contributed by atoms with Gasteiger partial charge in [0.25, 0.3) is 0 Å². The number of hydrogen-bond donors (Lipinski definition) is 0. The fourth-order valence-electron chi connectivity index (χ4n) is 1.17. The molecule has 0 aromatic rings. The third-order valence-electron chi connectivity index (χ3n) is 1.97. The molecule has 0 amide bonds. The summed E-state index contributed by atoms with van der Waals surface area (Å²) in [7, 11) is 3.06. The van der Waals surface area contributed by atoms with E-state index in [1.165, 1.54) is 18.8 Å². The molecule has 0 radical (unpaired) electrons. The zero-order valence-corrected chi connectivity index (χ0v) is 10.0. The van der Waals surface area contributed by atoms with Crippen LogP contribution in [-0.4, -0.2) is 26.8 Å². The van der Waals surface area contributed by atoms with Gasteiger partial charge in [-0.25, -0.2) is 4.79 Å². The van der Waals surface area contributed by atoms with Gasteiger partial charge in [0.15, 0.2) is 0 Å². The molecule has 0 spiro atoms. The lowest BCUT2D eigenvalue weighted by atomic mass is 10.1. The van der Waals surface area contributed by atoms with E-state index in [1.807, 2.05) is 13.8 Å². The maximum atomic E-state index is 10.9. The first-order valence-electron chi connectivity index (χ1n) is 4.99. The smallest absolute Gasteiger partial charge is 0.330 e. The van der Waals surface area contributed by atoms with Gasteiger partial charge in [0.2, 0.25) is 0 Å². The second-order valence-electron chi connectivity index (χ2n) is 3.54. The lowest BCUT2D eigenvalue weighted by molar-refractivity contribution is -0.134. The van der Waals surface area contributed by atoms with Gasteiger partial charge in [-0.2, -0.15) is 0 Å². The van der Waals surface area contributed by atoms with Crippen LogP contribution in [0.15, 0.2) is 23.3 Å². The number of rotatable bonds is 6. The zero-order chi connectivity index (χ0) is 11.7. The van der Waals surface area contributed by atoms with Crippen LogP contribution in [-0.2, 0) is 14.3 Å². The van der Waals surface area contributed by atoms with E-state index in [4.69, 9.17) is 4.74 Å². The average Bonchev–Trinajstić information content (AvgIpc) is 2.18. The van der Waals surface area contributed by atoms with Gasteiger partial charge in [-0.15, -0.1) is 0 Å². The van der Waals surface area contributed by atoms with Crippen molar-refractivity contribution >= 4 is 5.97 Å². The van der Waals surface area contributed by atoms with Crippen LogP contribution in [0.2, 0.25) is 0 Å². The van der Waals surface area contributed by atoms with Gasteiger partial charge in [-0.1, -0.05) is 17.2 Å². The molecule has 3 heteroatoms. The Balaban J connectivity index is 3.90. The van der Waals surface area contributed by atoms with Gasteiger partial charge in [0.1, 0.15) is 0 Å². The molecule has 0 fully saturated rings. The monoisotopic (exact) mass is 212 g/mol. The first-order valence-corrected chi connectivity index (χ1v) is 4.99. The fraction of sp³-hybridized carbons (Fsp3) is 0.583. The Hall–Kier alpha value is -1.09. The molecule has 86 valence electrons. The number of methoxy groups -OCH3 is 2. The van der Waals surface area contributed by atoms with Crippen LogP contribution >= 0.6 is 0 Å². The molecule has 0 bridgehead atoms. The van der Waals surface area contributed by atoms with E-state index < -0.39 is 0 Å². The second-order valence-corrected chi connectivity index (χ2v) is 3.54. The second kappa shape index (κ2) is 8.24. The molecule has 0 N–H and O–H groups in total. The van der Waals surface area contributed by atoms with Crippen molar-refractivity contribution in [2.24, 2.45) is 0 Å². The molecule has 3 nitrogen and oxygen atoms in total. The van der Waals surface area contributed by atoms with Crippen molar-refractivity contribution in [1.29, 1.82) is 0 Å². The third-order valence-corrected chi connectivity index (χ3v) is 1.97. The van der Waals surface area contributed by atoms with Crippen molar-refractivity contribution in [3.8, 4) is 0 Å². The van der Waals surface area contributed by atoms with E-state index in [1.54, 1.807) is 7.11 Å². The van der Waals surface area contributed by atoms with E-state index >= 15 is 0 Å². The fourth-order valence-corrected chi connectivity index (χ4v) is 1.17. The quantitative estimate of drug-likeness (QED) is 0.385. The van der Waals surface area contributed by atoms with E-state index in [9.17, 15) is 4.79 Å². The van der Waals surface area contributed by atoms with Gasteiger partial charge in [0.05, 0.1) is 13.7 Å². The van der Waals surface area contributed by atoms with Crippen molar-refractivity contribution in [1.82, 2.24) is 0 Å². The molecule has 0 aliphatic carbocycles. The highest BCUT2D eigenvalue weighted by Gasteiger charge is 1.96. The van der Waals surface area contributed by atoms with Crippen LogP contribution in [0.1, 0.15) is 26.7 Å². The minimum atomic E-state index is -0.287. The highest BCUT2D eigenvalue weighted by atomic mass is 16.5. The zero-order valence-electron chi connectivity index (χ0n) is 10.0. The lowest BCUT2D eigenvalue weighted by Crippen LogP contribution is -1.96. The van der Waals surface area contributed by atoms with E-state index in [2.05, 4.69) is 10.8 Å². The van der Waals surface area contributed by atoms with Gasteiger partial charge < -0.3 is 9.47 Å². The van der Waals surface area contributed by atoms with Crippen LogP contribution in [0.4, 0.5) is 0 Å². The Labute approximate surface area is 91.8 Å². The van der Waals surface area contributed by atoms with Gasteiger partial charge in [-0.3, -0.25) is 0 Å². The molecule has 0 saturated heterocycles. The number of allylic oxidation sites excluding steroid dienone is 2. The molecule has 0 aliphatic heterocycles. The van der Waals surface area contributed by atoms with Crippen LogP contribution in [0.3, 0.4) is 0 Å². The van der Waals surface area contributed by atoms with E-state index in [0.717, 1.165) is 18.4 Å². The Bertz CT molecular complexity index is 252. The summed E-state index contributed by atoms with van der Waals surface area (Å²) in [6.07, 6.45) is 5.45. The van der Waals surface area contributed by atoms with Crippen LogP contribution in [0, 0.1) is 0 Å². The minimum Gasteiger partial charge on any atom is -0.466 e. The summed E-state index contributed by atoms with van der Waals surface area (Å²) in [6, 6.07) is 0. The summed E-state index contributed by atoms with van der Waals surface area (Å²) in [5, 5.41) is 0. The van der Waals surface area contributed by atoms with E-state index in [0.29, 0.717) is 6.61 Å². The predicted octanol–water partition coefficient (Wildman–Crippen LogP) is 2.48. The lowest BCUT2D eigenvalue weighted by Gasteiger charge is -2.00. The van der Waals surface area contributed by atoms with Crippen LogP contribution < -0.4 is 0 Å². The maximum Gasteiger partial charge on any atom is 0.330 e. The Kier molecular flexibility index (Phi) is 7.64. The summed E-state index contributed by atoms with van der Waals surface area (Å²) < 4.78 is 9.52. The standard InChI is InChI=1S/C12H20O3/c1-10(8-12(13)15-4)6-5-7-11(2)9-14-3/h7-8H,5-6,9H2,1-4H3/b10-8-,11-7+. The number of hydrogen-bond acceptors (Lipinski definition) is 3. The molecule has 0 heterocycles. The van der Waals surface area contributed by atoms with Crippen LogP contribution in [0.25, 0.3) is 0 Å². The van der Waals surface area contributed by atoms with Gasteiger partial charge in [0, 0.05) is 13.2 Å². The summed E-state index contributed by atoms with van der Waals surface area (Å²) in [6.45, 7) is 4.62. The predicted molar refractivity (Wildman–Crippen MR) is 60.6 cm³/mol. The Morgan fingerprint density at radius 3 is 2.40 bits per heavy atom. The maximum absolute atomic E-state index is 10.9. The molecule has 0 aliphatic rings. The van der Waals surface area contributed by atoms with Crippen molar-refractivity contribution in [2.75, 3.05) is 20.8 Å². The molecule has 0 saturated carbocycles. The molecule has 15 heavy (non-hydrogen) atoms.